The van der Waals surface area contributed by atoms with E-state index in [4.69, 9.17) is 4.42 Å². The predicted molar refractivity (Wildman–Crippen MR) is 71.7 cm³/mol. The molecule has 106 valence electrons. The highest BCUT2D eigenvalue weighted by Gasteiger charge is 2.12. The minimum atomic E-state index is -0.505. The second-order valence-electron chi connectivity index (χ2n) is 4.42. The Morgan fingerprint density at radius 3 is 2.90 bits per heavy atom. The molecule has 0 saturated heterocycles. The highest BCUT2D eigenvalue weighted by atomic mass is 19.1. The molecule has 4 nitrogen and oxygen atoms in total. The molecule has 5 heteroatoms. The summed E-state index contributed by atoms with van der Waals surface area (Å²) in [7, 11) is 1.30. The van der Waals surface area contributed by atoms with Gasteiger partial charge in [0.1, 0.15) is 11.6 Å². The number of rotatable bonds is 5. The monoisotopic (exact) mass is 277 g/mol. The molecule has 1 heterocycles. The molecule has 1 aromatic heterocycles. The van der Waals surface area contributed by atoms with Crippen molar-refractivity contribution in [2.24, 2.45) is 0 Å². The molecule has 1 atom stereocenters. The van der Waals surface area contributed by atoms with E-state index < -0.39 is 5.97 Å². The highest BCUT2D eigenvalue weighted by molar-refractivity contribution is 5.86. The van der Waals surface area contributed by atoms with Crippen molar-refractivity contribution < 1.29 is 18.3 Å². The Morgan fingerprint density at radius 2 is 2.20 bits per heavy atom. The lowest BCUT2D eigenvalue weighted by molar-refractivity contribution is 0.0563. The van der Waals surface area contributed by atoms with Crippen LogP contribution in [-0.4, -0.2) is 13.1 Å². The van der Waals surface area contributed by atoms with Gasteiger partial charge in [0.15, 0.2) is 0 Å². The fraction of sp³-hybridized carbons (Fsp3) is 0.267. The maximum Gasteiger partial charge on any atom is 0.373 e. The van der Waals surface area contributed by atoms with Crippen LogP contribution >= 0.6 is 0 Å². The minimum Gasteiger partial charge on any atom is -0.463 e. The van der Waals surface area contributed by atoms with Crippen LogP contribution in [0.15, 0.2) is 40.8 Å². The number of benzene rings is 1. The van der Waals surface area contributed by atoms with Crippen LogP contribution in [0.4, 0.5) is 4.39 Å². The van der Waals surface area contributed by atoms with Crippen molar-refractivity contribution in [2.45, 2.75) is 19.5 Å². The van der Waals surface area contributed by atoms with Crippen molar-refractivity contribution in [3.8, 4) is 0 Å². The van der Waals surface area contributed by atoms with Gasteiger partial charge in [-0.25, -0.2) is 9.18 Å². The predicted octanol–water partition coefficient (Wildman–Crippen LogP) is 3.06. The summed E-state index contributed by atoms with van der Waals surface area (Å²) in [6.45, 7) is 2.37. The number of esters is 1. The summed E-state index contributed by atoms with van der Waals surface area (Å²) in [5.74, 6) is 0.0212. The van der Waals surface area contributed by atoms with Gasteiger partial charge in [0, 0.05) is 6.04 Å². The van der Waals surface area contributed by atoms with Gasteiger partial charge in [0.05, 0.1) is 13.7 Å². The molecule has 0 unspecified atom stereocenters. The SMILES string of the molecule is COC(=O)c1ccc(CN[C@@H](C)c2cccc(F)c2)o1. The first-order valence-corrected chi connectivity index (χ1v) is 6.26. The second kappa shape index (κ2) is 6.34. The van der Waals surface area contributed by atoms with Gasteiger partial charge in [-0.15, -0.1) is 0 Å². The molecule has 2 aromatic rings. The van der Waals surface area contributed by atoms with Gasteiger partial charge in [-0.3, -0.25) is 0 Å². The van der Waals surface area contributed by atoms with Crippen LogP contribution < -0.4 is 5.32 Å². The third-order valence-corrected chi connectivity index (χ3v) is 2.98. The first-order chi connectivity index (χ1) is 9.60. The summed E-state index contributed by atoms with van der Waals surface area (Å²) < 4.78 is 23.0. The fourth-order valence-corrected chi connectivity index (χ4v) is 1.83. The molecule has 0 aliphatic rings. The minimum absolute atomic E-state index is 0.0302. The Labute approximate surface area is 116 Å². The van der Waals surface area contributed by atoms with Crippen molar-refractivity contribution in [3.63, 3.8) is 0 Å². The number of nitrogens with one attached hydrogen (secondary N) is 1. The van der Waals surface area contributed by atoms with Crippen molar-refractivity contribution in [1.82, 2.24) is 5.32 Å². The van der Waals surface area contributed by atoms with Crippen LogP contribution in [0.25, 0.3) is 0 Å². The van der Waals surface area contributed by atoms with E-state index in [0.717, 1.165) is 5.56 Å². The number of ether oxygens (including phenoxy) is 1. The van der Waals surface area contributed by atoms with Gasteiger partial charge in [-0.1, -0.05) is 12.1 Å². The number of halogens is 1. The van der Waals surface area contributed by atoms with E-state index in [2.05, 4.69) is 10.1 Å². The standard InChI is InChI=1S/C15H16FNO3/c1-10(11-4-3-5-12(16)8-11)17-9-13-6-7-14(20-13)15(18)19-2/h3-8,10,17H,9H2,1-2H3/t10-/m0/s1. The average Bonchev–Trinajstić information content (AvgIpc) is 2.92. The zero-order chi connectivity index (χ0) is 14.5. The van der Waals surface area contributed by atoms with Crippen molar-refractivity contribution >= 4 is 5.97 Å². The van der Waals surface area contributed by atoms with E-state index >= 15 is 0 Å². The first kappa shape index (κ1) is 14.3. The Hall–Kier alpha value is -2.14. The zero-order valence-electron chi connectivity index (χ0n) is 11.4. The number of carbonyl (C=O) groups is 1. The van der Waals surface area contributed by atoms with Crippen LogP contribution in [-0.2, 0) is 11.3 Å². The number of hydrogen-bond acceptors (Lipinski definition) is 4. The van der Waals surface area contributed by atoms with E-state index in [-0.39, 0.29) is 17.6 Å². The van der Waals surface area contributed by atoms with Gasteiger partial charge in [-0.05, 0) is 36.8 Å². The van der Waals surface area contributed by atoms with Crippen LogP contribution in [0.5, 0.6) is 0 Å². The smallest absolute Gasteiger partial charge is 0.373 e. The third-order valence-electron chi connectivity index (χ3n) is 2.98. The Bertz CT molecular complexity index is 594. The molecule has 0 radical (unpaired) electrons. The van der Waals surface area contributed by atoms with Gasteiger partial charge in [-0.2, -0.15) is 0 Å². The zero-order valence-corrected chi connectivity index (χ0v) is 11.4. The summed E-state index contributed by atoms with van der Waals surface area (Å²) in [5, 5.41) is 3.20. The lowest BCUT2D eigenvalue weighted by Crippen LogP contribution is -2.17. The molecule has 1 aromatic carbocycles. The summed E-state index contributed by atoms with van der Waals surface area (Å²) >= 11 is 0. The molecule has 20 heavy (non-hydrogen) atoms. The van der Waals surface area contributed by atoms with E-state index in [1.54, 1.807) is 18.2 Å². The molecule has 2 rings (SSSR count). The highest BCUT2D eigenvalue weighted by Crippen LogP contribution is 2.15. The number of methoxy groups -OCH3 is 1. The average molecular weight is 277 g/mol. The Balaban J connectivity index is 1.95. The second-order valence-corrected chi connectivity index (χ2v) is 4.42. The van der Waals surface area contributed by atoms with E-state index in [1.165, 1.54) is 19.2 Å². The molecule has 0 saturated carbocycles. The lowest BCUT2D eigenvalue weighted by atomic mass is 10.1. The Morgan fingerprint density at radius 1 is 1.40 bits per heavy atom. The maximum atomic E-state index is 13.1. The molecule has 0 bridgehead atoms. The van der Waals surface area contributed by atoms with Crippen LogP contribution in [0, 0.1) is 5.82 Å². The molecule has 0 amide bonds. The maximum absolute atomic E-state index is 13.1. The summed E-state index contributed by atoms with van der Waals surface area (Å²) in [6.07, 6.45) is 0. The first-order valence-electron chi connectivity index (χ1n) is 6.26. The molecule has 1 N–H and O–H groups in total. The van der Waals surface area contributed by atoms with E-state index in [1.807, 2.05) is 13.0 Å². The molecular weight excluding hydrogens is 261 g/mol. The van der Waals surface area contributed by atoms with E-state index in [0.29, 0.717) is 12.3 Å². The lowest BCUT2D eigenvalue weighted by Gasteiger charge is -2.13. The van der Waals surface area contributed by atoms with Gasteiger partial charge >= 0.3 is 5.97 Å². The summed E-state index contributed by atoms with van der Waals surface area (Å²) in [6, 6.07) is 9.66. The Kier molecular flexibility index (Phi) is 4.53. The number of hydrogen-bond donors (Lipinski definition) is 1. The quantitative estimate of drug-likeness (QED) is 0.853. The fourth-order valence-electron chi connectivity index (χ4n) is 1.83. The molecule has 0 fully saturated rings. The summed E-state index contributed by atoms with van der Waals surface area (Å²) in [4.78, 5) is 11.2. The van der Waals surface area contributed by atoms with Crippen LogP contribution in [0.2, 0.25) is 0 Å². The molecule has 0 spiro atoms. The largest absolute Gasteiger partial charge is 0.463 e. The molecule has 0 aliphatic carbocycles. The molecular formula is C15H16FNO3. The van der Waals surface area contributed by atoms with Gasteiger partial charge < -0.3 is 14.5 Å². The van der Waals surface area contributed by atoms with Crippen molar-refractivity contribution in [3.05, 3.63) is 59.3 Å². The van der Waals surface area contributed by atoms with Gasteiger partial charge in [0.25, 0.3) is 0 Å². The van der Waals surface area contributed by atoms with Crippen LogP contribution in [0.3, 0.4) is 0 Å². The topological polar surface area (TPSA) is 51.5 Å². The van der Waals surface area contributed by atoms with Gasteiger partial charge in [0.2, 0.25) is 5.76 Å². The number of carbonyl (C=O) groups excluding carboxylic acids is 1. The molecule has 0 aliphatic heterocycles. The summed E-state index contributed by atoms with van der Waals surface area (Å²) in [5.41, 5.74) is 0.852. The van der Waals surface area contributed by atoms with E-state index in [9.17, 15) is 9.18 Å². The normalized spacial score (nSPS) is 12.2. The number of furan rings is 1. The van der Waals surface area contributed by atoms with Crippen LogP contribution in [0.1, 0.15) is 34.8 Å². The third kappa shape index (κ3) is 3.45. The van der Waals surface area contributed by atoms with Crippen molar-refractivity contribution in [2.75, 3.05) is 7.11 Å². The van der Waals surface area contributed by atoms with Crippen molar-refractivity contribution in [1.29, 1.82) is 0 Å².